The van der Waals surface area contributed by atoms with Crippen molar-refractivity contribution in [3.63, 3.8) is 0 Å². The van der Waals surface area contributed by atoms with E-state index >= 15 is 0 Å². The molecule has 1 saturated heterocycles. The molecule has 2 aromatic carbocycles. The molecule has 0 saturated carbocycles. The van der Waals surface area contributed by atoms with Crippen LogP contribution in [0, 0.1) is 18.0 Å². The van der Waals surface area contributed by atoms with Crippen molar-refractivity contribution in [1.29, 1.82) is 0 Å². The number of methoxy groups -OCH3 is 1. The number of aryl methyl sites for hydroxylation is 1. The topological polar surface area (TPSA) is 167 Å². The van der Waals surface area contributed by atoms with Gasteiger partial charge in [0.15, 0.2) is 5.69 Å². The average Bonchev–Trinajstić information content (AvgIpc) is 3.37. The number of halogens is 3. The lowest BCUT2D eigenvalue weighted by molar-refractivity contribution is -0.727. The monoisotopic (exact) mass is 626 g/mol. The molecular weight excluding hydrogens is 601 g/mol. The zero-order valence-corrected chi connectivity index (χ0v) is 23.6. The maximum Gasteiger partial charge on any atom is 0.511 e. The van der Waals surface area contributed by atoms with Gasteiger partial charge in [-0.15, -0.1) is 5.01 Å². The Labute approximate surface area is 242 Å². The third-order valence-electron chi connectivity index (χ3n) is 6.14. The standard InChI is InChI=1S/C25H25F3N6O8S/c1-15-4-6-17(7-5-15)21-12-22(25(26,27)28)29-33(21)19-8-10-20(11-9-19)43(38,39)30-23(35)18-13-32(14-18)34(37)31-42-16(2)41-24(36)40-3/h4-12,16,18H,13-14H2,1-3H3,(H,30,35)/b34-31-. The lowest BCUT2D eigenvalue weighted by Crippen LogP contribution is -2.56. The Bertz CT molecular complexity index is 1620. The van der Waals surface area contributed by atoms with Crippen LogP contribution < -0.4 is 4.72 Å². The number of amides is 1. The minimum Gasteiger partial charge on any atom is -0.569 e. The van der Waals surface area contributed by atoms with Gasteiger partial charge in [-0.2, -0.15) is 18.3 Å². The van der Waals surface area contributed by atoms with Crippen LogP contribution in [0.25, 0.3) is 16.9 Å². The third kappa shape index (κ3) is 7.32. The molecule has 4 rings (SSSR count). The fraction of sp³-hybridized carbons (Fsp3) is 0.320. The molecule has 1 unspecified atom stereocenters. The van der Waals surface area contributed by atoms with E-state index in [-0.39, 0.29) is 34.3 Å². The summed E-state index contributed by atoms with van der Waals surface area (Å²) in [5.41, 5.74) is 0.539. The SMILES string of the molecule is COC(=O)OC(C)O/N=[N+](\[O-])N1CC(C(=O)NS(=O)(=O)c2ccc(-n3nc(C(F)(F)F)cc3-c3ccc(C)cc3)cc2)C1. The molecule has 43 heavy (non-hydrogen) atoms. The fourth-order valence-electron chi connectivity index (χ4n) is 3.81. The highest BCUT2D eigenvalue weighted by molar-refractivity contribution is 7.90. The van der Waals surface area contributed by atoms with E-state index in [4.69, 9.17) is 0 Å². The molecule has 18 heteroatoms. The van der Waals surface area contributed by atoms with Crippen LogP contribution in [0.3, 0.4) is 0 Å². The van der Waals surface area contributed by atoms with Gasteiger partial charge in [-0.1, -0.05) is 29.8 Å². The number of benzene rings is 2. The van der Waals surface area contributed by atoms with Gasteiger partial charge < -0.3 is 14.7 Å². The molecule has 3 aromatic rings. The number of sulfonamides is 1. The molecular formula is C25H25F3N6O8S. The van der Waals surface area contributed by atoms with E-state index in [9.17, 15) is 36.4 Å². The summed E-state index contributed by atoms with van der Waals surface area (Å²) in [6, 6.07) is 12.4. The lowest BCUT2D eigenvalue weighted by Gasteiger charge is -2.32. The Hall–Kier alpha value is -4.87. The van der Waals surface area contributed by atoms with E-state index in [0.717, 1.165) is 40.6 Å². The molecule has 1 aromatic heterocycles. The van der Waals surface area contributed by atoms with Crippen LogP contribution in [0.1, 0.15) is 18.2 Å². The van der Waals surface area contributed by atoms with Crippen LogP contribution >= 0.6 is 0 Å². The van der Waals surface area contributed by atoms with Crippen molar-refractivity contribution in [3.05, 3.63) is 71.1 Å². The molecule has 2 heterocycles. The predicted octanol–water partition coefficient (Wildman–Crippen LogP) is 3.54. The summed E-state index contributed by atoms with van der Waals surface area (Å²) >= 11 is 0. The molecule has 14 nitrogen and oxygen atoms in total. The summed E-state index contributed by atoms with van der Waals surface area (Å²) in [6.07, 6.45) is -7.01. The Balaban J connectivity index is 1.42. The summed E-state index contributed by atoms with van der Waals surface area (Å²) in [6.45, 7) is 2.73. The number of carbonyl (C=O) groups is 2. The van der Waals surface area contributed by atoms with Crippen molar-refractivity contribution >= 4 is 22.1 Å². The fourth-order valence-corrected chi connectivity index (χ4v) is 4.86. The quantitative estimate of drug-likeness (QED) is 0.122. The van der Waals surface area contributed by atoms with Crippen molar-refractivity contribution in [3.8, 4) is 16.9 Å². The number of aromatic nitrogens is 2. The smallest absolute Gasteiger partial charge is 0.511 e. The summed E-state index contributed by atoms with van der Waals surface area (Å²) in [7, 11) is -3.29. The Morgan fingerprint density at radius 2 is 1.77 bits per heavy atom. The molecule has 1 atom stereocenters. The van der Waals surface area contributed by atoms with Crippen LogP contribution in [0.2, 0.25) is 0 Å². The molecule has 0 spiro atoms. The molecule has 1 fully saturated rings. The highest BCUT2D eigenvalue weighted by Gasteiger charge is 2.40. The molecule has 0 bridgehead atoms. The van der Waals surface area contributed by atoms with E-state index < -0.39 is 46.2 Å². The van der Waals surface area contributed by atoms with Gasteiger partial charge in [0.25, 0.3) is 16.3 Å². The maximum absolute atomic E-state index is 13.5. The number of rotatable bonds is 9. The summed E-state index contributed by atoms with van der Waals surface area (Å²) in [5.74, 6) is -1.77. The summed E-state index contributed by atoms with van der Waals surface area (Å²) in [4.78, 5) is 27.9. The van der Waals surface area contributed by atoms with Crippen LogP contribution in [-0.2, 0) is 35.3 Å². The normalized spacial score (nSPS) is 14.9. The van der Waals surface area contributed by atoms with Gasteiger partial charge in [0, 0.05) is 12.5 Å². The number of nitrogens with zero attached hydrogens (tertiary/aromatic N) is 5. The number of hydrogen-bond donors (Lipinski definition) is 1. The highest BCUT2D eigenvalue weighted by atomic mass is 32.2. The largest absolute Gasteiger partial charge is 0.569 e. The zero-order valence-electron chi connectivity index (χ0n) is 22.8. The van der Waals surface area contributed by atoms with Gasteiger partial charge in [-0.05, 0) is 37.3 Å². The second-order valence-electron chi connectivity index (χ2n) is 9.30. The van der Waals surface area contributed by atoms with Crippen LogP contribution in [0.15, 0.2) is 64.8 Å². The van der Waals surface area contributed by atoms with Gasteiger partial charge in [-0.25, -0.2) is 22.6 Å². The first kappa shape index (κ1) is 31.1. The van der Waals surface area contributed by atoms with E-state index in [1.807, 2.05) is 11.6 Å². The Morgan fingerprint density at radius 3 is 2.35 bits per heavy atom. The molecule has 1 N–H and O–H groups in total. The number of carbonyl (C=O) groups excluding carboxylic acids is 2. The summed E-state index contributed by atoms with van der Waals surface area (Å²) < 4.78 is 77.8. The number of alkyl halides is 3. The first-order valence-electron chi connectivity index (χ1n) is 12.4. The Morgan fingerprint density at radius 1 is 1.14 bits per heavy atom. The predicted molar refractivity (Wildman–Crippen MR) is 139 cm³/mol. The summed E-state index contributed by atoms with van der Waals surface area (Å²) in [5, 5.41) is 19.8. The average molecular weight is 627 g/mol. The number of hydrogen-bond acceptors (Lipinski definition) is 10. The van der Waals surface area contributed by atoms with Crippen molar-refractivity contribution in [1.82, 2.24) is 19.5 Å². The first-order chi connectivity index (χ1) is 20.2. The molecule has 1 aliphatic heterocycles. The van der Waals surface area contributed by atoms with E-state index in [1.54, 1.807) is 24.3 Å². The second-order valence-corrected chi connectivity index (χ2v) is 11.0. The lowest BCUT2D eigenvalue weighted by atomic mass is 10.0. The van der Waals surface area contributed by atoms with Crippen LogP contribution in [0.4, 0.5) is 18.0 Å². The molecule has 0 radical (unpaired) electrons. The number of hydrazine groups is 1. The Kier molecular flexibility index (Phi) is 8.79. The van der Waals surface area contributed by atoms with Crippen LogP contribution in [-0.4, -0.2) is 66.7 Å². The maximum atomic E-state index is 13.5. The minimum absolute atomic E-state index is 0.0124. The molecule has 0 aliphatic carbocycles. The molecule has 230 valence electrons. The van der Waals surface area contributed by atoms with Crippen molar-refractivity contribution in [2.75, 3.05) is 20.2 Å². The first-order valence-corrected chi connectivity index (χ1v) is 13.9. The molecule has 1 amide bonds. The molecule has 1 aliphatic rings. The van der Waals surface area contributed by atoms with Crippen LogP contribution in [0.5, 0.6) is 0 Å². The number of nitrogens with one attached hydrogen (secondary N) is 1. The van der Waals surface area contributed by atoms with Gasteiger partial charge in [0.2, 0.25) is 11.2 Å². The van der Waals surface area contributed by atoms with Crippen molar-refractivity contribution in [2.45, 2.75) is 31.2 Å². The van der Waals surface area contributed by atoms with Crippen molar-refractivity contribution in [2.24, 2.45) is 11.2 Å². The van der Waals surface area contributed by atoms with E-state index in [0.29, 0.717) is 5.56 Å². The zero-order chi connectivity index (χ0) is 31.5. The van der Waals surface area contributed by atoms with Gasteiger partial charge in [0.05, 0.1) is 47.4 Å². The van der Waals surface area contributed by atoms with E-state index in [1.165, 1.54) is 19.1 Å². The highest BCUT2D eigenvalue weighted by Crippen LogP contribution is 2.33. The van der Waals surface area contributed by atoms with Gasteiger partial charge in [-0.3, -0.25) is 9.63 Å². The third-order valence-corrected chi connectivity index (χ3v) is 7.51. The van der Waals surface area contributed by atoms with Crippen molar-refractivity contribution < 1.29 is 50.5 Å². The second kappa shape index (κ2) is 12.2. The van der Waals surface area contributed by atoms with Gasteiger partial charge >= 0.3 is 12.3 Å². The van der Waals surface area contributed by atoms with Gasteiger partial charge in [0.1, 0.15) is 0 Å². The van der Waals surface area contributed by atoms with E-state index in [2.05, 4.69) is 24.7 Å². The number of ether oxygens (including phenoxy) is 2. The minimum atomic E-state index is -4.71.